The number of ketones is 1. The molecule has 2 N–H and O–H groups in total. The lowest BCUT2D eigenvalue weighted by atomic mass is 9.94. The minimum Gasteiger partial charge on any atom is -0.507 e. The van der Waals surface area contributed by atoms with Gasteiger partial charge < -0.3 is 19.6 Å². The highest BCUT2D eigenvalue weighted by molar-refractivity contribution is 6.46. The number of amides is 1. The molecule has 0 unspecified atom stereocenters. The largest absolute Gasteiger partial charge is 0.507 e. The van der Waals surface area contributed by atoms with Crippen LogP contribution >= 0.6 is 0 Å². The van der Waals surface area contributed by atoms with E-state index in [-0.39, 0.29) is 11.3 Å². The molecule has 2 aromatic rings. The monoisotopic (exact) mass is 413 g/mol. The number of nitrogens with zero attached hydrogens (tertiary/aromatic N) is 1. The van der Waals surface area contributed by atoms with E-state index in [1.807, 2.05) is 21.0 Å². The number of halogens is 1. The molecule has 0 spiro atoms. The summed E-state index contributed by atoms with van der Waals surface area (Å²) in [5.74, 6) is -1.44. The van der Waals surface area contributed by atoms with Crippen LogP contribution in [0.1, 0.15) is 22.7 Å². The third-order valence-corrected chi connectivity index (χ3v) is 5.25. The molecular formula is C23H26FN2O4+. The van der Waals surface area contributed by atoms with Gasteiger partial charge in [0.25, 0.3) is 11.7 Å². The Morgan fingerprint density at radius 3 is 2.40 bits per heavy atom. The van der Waals surface area contributed by atoms with Crippen molar-refractivity contribution in [3.63, 3.8) is 0 Å². The Morgan fingerprint density at radius 1 is 1.17 bits per heavy atom. The van der Waals surface area contributed by atoms with E-state index in [4.69, 9.17) is 4.74 Å². The predicted octanol–water partition coefficient (Wildman–Crippen LogP) is 1.71. The third kappa shape index (κ3) is 4.07. The van der Waals surface area contributed by atoms with Crippen LogP contribution < -0.4 is 9.64 Å². The number of quaternary nitrogens is 1. The van der Waals surface area contributed by atoms with Crippen molar-refractivity contribution in [2.45, 2.75) is 13.0 Å². The van der Waals surface area contributed by atoms with Gasteiger partial charge in [-0.2, -0.15) is 0 Å². The van der Waals surface area contributed by atoms with Gasteiger partial charge in [0.15, 0.2) is 0 Å². The van der Waals surface area contributed by atoms with E-state index < -0.39 is 23.5 Å². The summed E-state index contributed by atoms with van der Waals surface area (Å²) in [5, 5.41) is 11.0. The molecule has 0 saturated carbocycles. The number of Topliss-reactive ketones (excluding diaryl/α,β-unsaturated/α-hetero) is 1. The van der Waals surface area contributed by atoms with Crippen LogP contribution in [0.25, 0.3) is 5.76 Å². The Labute approximate surface area is 175 Å². The minimum absolute atomic E-state index is 0.00457. The van der Waals surface area contributed by atoms with Crippen molar-refractivity contribution in [2.24, 2.45) is 0 Å². The summed E-state index contributed by atoms with van der Waals surface area (Å²) >= 11 is 0. The van der Waals surface area contributed by atoms with Crippen LogP contribution in [0.5, 0.6) is 5.75 Å². The lowest BCUT2D eigenvalue weighted by Gasteiger charge is -2.25. The number of hydrogen-bond acceptors (Lipinski definition) is 4. The maximum Gasteiger partial charge on any atom is 0.295 e. The Morgan fingerprint density at radius 2 is 1.83 bits per heavy atom. The summed E-state index contributed by atoms with van der Waals surface area (Å²) in [5.41, 5.74) is 1.77. The number of aryl methyl sites for hydroxylation is 1. The number of likely N-dealkylation sites (N-methyl/N-ethyl adjacent to an activating group) is 1. The van der Waals surface area contributed by atoms with Crippen molar-refractivity contribution >= 4 is 17.4 Å². The molecule has 6 nitrogen and oxygen atoms in total. The number of benzene rings is 2. The highest BCUT2D eigenvalue weighted by Crippen LogP contribution is 2.39. The number of carbonyl (C=O) groups excluding carboxylic acids is 2. The highest BCUT2D eigenvalue weighted by Gasteiger charge is 2.46. The lowest BCUT2D eigenvalue weighted by Crippen LogP contribution is -3.06. The standard InChI is InChI=1S/C23H25FN2O4/c1-14-13-16(7-10-18(14)30-4)21(27)19-20(15-5-8-17(24)9-6-15)26(12-11-25(2)3)23(29)22(19)28/h5-10,13,20,27H,11-12H2,1-4H3/p+1/b21-19+/t20-/m0/s1. The van der Waals surface area contributed by atoms with E-state index in [2.05, 4.69) is 0 Å². The van der Waals surface area contributed by atoms with Crippen molar-refractivity contribution in [3.05, 3.63) is 70.5 Å². The zero-order chi connectivity index (χ0) is 22.0. The molecule has 1 saturated heterocycles. The van der Waals surface area contributed by atoms with Gasteiger partial charge in [-0.3, -0.25) is 9.59 Å². The number of aliphatic hydroxyl groups is 1. The topological polar surface area (TPSA) is 71.3 Å². The van der Waals surface area contributed by atoms with E-state index in [0.29, 0.717) is 30.0 Å². The van der Waals surface area contributed by atoms with Gasteiger partial charge in [-0.1, -0.05) is 12.1 Å². The number of likely N-dealkylation sites (tertiary alicyclic amines) is 1. The maximum absolute atomic E-state index is 13.5. The molecule has 0 aromatic heterocycles. The van der Waals surface area contributed by atoms with Crippen LogP contribution in [-0.4, -0.2) is 56.0 Å². The predicted molar refractivity (Wildman–Crippen MR) is 111 cm³/mol. The van der Waals surface area contributed by atoms with Crippen LogP contribution in [0.15, 0.2) is 48.0 Å². The first-order chi connectivity index (χ1) is 14.2. The SMILES string of the molecule is COc1ccc(/C(O)=C2\C(=O)C(=O)N(CC[NH+](C)C)[C@H]2c2ccc(F)cc2)cc1C. The summed E-state index contributed by atoms with van der Waals surface area (Å²) in [6.45, 7) is 2.77. The normalized spacial score (nSPS) is 18.3. The van der Waals surface area contributed by atoms with Gasteiger partial charge in [0.2, 0.25) is 0 Å². The molecule has 158 valence electrons. The van der Waals surface area contributed by atoms with Gasteiger partial charge in [0.05, 0.1) is 45.9 Å². The van der Waals surface area contributed by atoms with E-state index in [9.17, 15) is 19.1 Å². The Hall–Kier alpha value is -3.19. The summed E-state index contributed by atoms with van der Waals surface area (Å²) < 4.78 is 18.7. The van der Waals surface area contributed by atoms with Crippen molar-refractivity contribution in [2.75, 3.05) is 34.3 Å². The van der Waals surface area contributed by atoms with Crippen LogP contribution in [-0.2, 0) is 9.59 Å². The van der Waals surface area contributed by atoms with Crippen LogP contribution in [0.4, 0.5) is 4.39 Å². The van der Waals surface area contributed by atoms with E-state index >= 15 is 0 Å². The Balaban J connectivity index is 2.14. The molecule has 30 heavy (non-hydrogen) atoms. The molecular weight excluding hydrogens is 387 g/mol. The number of nitrogens with one attached hydrogen (secondary N) is 1. The fraction of sp³-hybridized carbons (Fsp3) is 0.304. The molecule has 0 radical (unpaired) electrons. The zero-order valence-electron chi connectivity index (χ0n) is 17.5. The molecule has 0 aliphatic carbocycles. The molecule has 1 heterocycles. The van der Waals surface area contributed by atoms with Crippen molar-refractivity contribution in [3.8, 4) is 5.75 Å². The third-order valence-electron chi connectivity index (χ3n) is 5.25. The van der Waals surface area contributed by atoms with E-state index in [1.54, 1.807) is 25.3 Å². The number of hydrogen-bond donors (Lipinski definition) is 2. The first-order valence-corrected chi connectivity index (χ1v) is 9.72. The summed E-state index contributed by atoms with van der Waals surface area (Å²) in [7, 11) is 5.45. The summed E-state index contributed by atoms with van der Waals surface area (Å²) in [6, 6.07) is 9.89. The molecule has 3 rings (SSSR count). The highest BCUT2D eigenvalue weighted by atomic mass is 19.1. The van der Waals surface area contributed by atoms with Crippen molar-refractivity contribution in [1.82, 2.24) is 4.90 Å². The molecule has 1 aliphatic rings. The van der Waals surface area contributed by atoms with Gasteiger partial charge in [-0.05, 0) is 48.4 Å². The van der Waals surface area contributed by atoms with Crippen molar-refractivity contribution in [1.29, 1.82) is 0 Å². The number of methoxy groups -OCH3 is 1. The number of carbonyl (C=O) groups is 2. The fourth-order valence-corrected chi connectivity index (χ4v) is 3.63. The second-order valence-electron chi connectivity index (χ2n) is 7.69. The second-order valence-corrected chi connectivity index (χ2v) is 7.69. The van der Waals surface area contributed by atoms with Crippen LogP contribution in [0.3, 0.4) is 0 Å². The molecule has 0 bridgehead atoms. The number of ether oxygens (including phenoxy) is 1. The molecule has 1 amide bonds. The molecule has 2 aromatic carbocycles. The van der Waals surface area contributed by atoms with Gasteiger partial charge in [-0.25, -0.2) is 4.39 Å². The summed E-state index contributed by atoms with van der Waals surface area (Å²) in [4.78, 5) is 28.3. The molecule has 1 atom stereocenters. The van der Waals surface area contributed by atoms with Gasteiger partial charge in [-0.15, -0.1) is 0 Å². The van der Waals surface area contributed by atoms with Crippen molar-refractivity contribution < 1.29 is 28.7 Å². The van der Waals surface area contributed by atoms with E-state index in [0.717, 1.165) is 10.5 Å². The van der Waals surface area contributed by atoms with Crippen LogP contribution in [0.2, 0.25) is 0 Å². The molecule has 7 heteroatoms. The maximum atomic E-state index is 13.5. The second kappa shape index (κ2) is 8.67. The minimum atomic E-state index is -0.785. The number of rotatable bonds is 6. The number of aliphatic hydroxyl groups excluding tert-OH is 1. The lowest BCUT2D eigenvalue weighted by molar-refractivity contribution is -0.857. The quantitative estimate of drug-likeness (QED) is 0.430. The first-order valence-electron chi connectivity index (χ1n) is 9.72. The van der Waals surface area contributed by atoms with Gasteiger partial charge >= 0.3 is 0 Å². The summed E-state index contributed by atoms with van der Waals surface area (Å²) in [6.07, 6.45) is 0. The Kier molecular flexibility index (Phi) is 6.22. The van der Waals surface area contributed by atoms with Gasteiger partial charge in [0.1, 0.15) is 17.3 Å². The average molecular weight is 413 g/mol. The molecule has 1 fully saturated rings. The van der Waals surface area contributed by atoms with Gasteiger partial charge in [0, 0.05) is 5.56 Å². The average Bonchev–Trinajstić information content (AvgIpc) is 2.96. The Bertz CT molecular complexity index is 999. The van der Waals surface area contributed by atoms with Crippen LogP contribution in [0, 0.1) is 12.7 Å². The first kappa shape index (κ1) is 21.5. The van der Waals surface area contributed by atoms with E-state index in [1.165, 1.54) is 29.2 Å². The molecule has 1 aliphatic heterocycles. The fourth-order valence-electron chi connectivity index (χ4n) is 3.63. The zero-order valence-corrected chi connectivity index (χ0v) is 17.5. The smallest absolute Gasteiger partial charge is 0.295 e.